The lowest BCUT2D eigenvalue weighted by atomic mass is 9.83. The van der Waals surface area contributed by atoms with Gasteiger partial charge in [-0.3, -0.25) is 4.79 Å². The van der Waals surface area contributed by atoms with Crippen LogP contribution >= 0.6 is 0 Å². The number of pyridine rings is 1. The van der Waals surface area contributed by atoms with Crippen molar-refractivity contribution in [3.63, 3.8) is 0 Å². The van der Waals surface area contributed by atoms with E-state index >= 15 is 0 Å². The molecule has 3 heterocycles. The summed E-state index contributed by atoms with van der Waals surface area (Å²) in [4.78, 5) is 18.4. The number of methoxy groups -OCH3 is 1. The van der Waals surface area contributed by atoms with Crippen molar-refractivity contribution in [2.45, 2.75) is 44.2 Å². The molecule has 2 saturated heterocycles. The average molecular weight is 246 g/mol. The van der Waals surface area contributed by atoms with Gasteiger partial charge >= 0.3 is 0 Å². The number of rotatable bonds is 2. The van der Waals surface area contributed by atoms with Crippen molar-refractivity contribution in [2.24, 2.45) is 0 Å². The summed E-state index contributed by atoms with van der Waals surface area (Å²) in [5.41, 5.74) is 1.12. The zero-order valence-electron chi connectivity index (χ0n) is 10.6. The molecule has 2 atom stereocenters. The van der Waals surface area contributed by atoms with Crippen LogP contribution in [0.15, 0.2) is 18.3 Å². The molecule has 4 nitrogen and oxygen atoms in total. The summed E-state index contributed by atoms with van der Waals surface area (Å²) in [6.45, 7) is 0. The largest absolute Gasteiger partial charge is 0.481 e. The van der Waals surface area contributed by atoms with Gasteiger partial charge in [0.15, 0.2) is 0 Å². The van der Waals surface area contributed by atoms with Gasteiger partial charge < -0.3 is 9.64 Å². The Balaban J connectivity index is 1.87. The Morgan fingerprint density at radius 3 is 2.56 bits per heavy atom. The monoisotopic (exact) mass is 246 g/mol. The van der Waals surface area contributed by atoms with Gasteiger partial charge in [-0.15, -0.1) is 0 Å². The van der Waals surface area contributed by atoms with Crippen LogP contribution in [0.2, 0.25) is 0 Å². The van der Waals surface area contributed by atoms with Gasteiger partial charge in [0.25, 0.3) is 0 Å². The van der Waals surface area contributed by atoms with Crippen molar-refractivity contribution in [3.05, 3.63) is 18.3 Å². The SMILES string of the molecule is COc1ccc(N2C3CCCC2CC(=O)C3)cn1. The van der Waals surface area contributed by atoms with E-state index in [1.807, 2.05) is 18.3 Å². The number of carbonyl (C=O) groups is 1. The second-order valence-electron chi connectivity index (χ2n) is 5.15. The number of hydrogen-bond donors (Lipinski definition) is 0. The maximum absolute atomic E-state index is 11.7. The van der Waals surface area contributed by atoms with Crippen LogP contribution in [0.1, 0.15) is 32.1 Å². The number of hydrogen-bond acceptors (Lipinski definition) is 4. The summed E-state index contributed by atoms with van der Waals surface area (Å²) in [7, 11) is 1.62. The number of ketones is 1. The van der Waals surface area contributed by atoms with Gasteiger partial charge in [-0.05, 0) is 25.3 Å². The molecule has 0 saturated carbocycles. The Kier molecular flexibility index (Phi) is 2.94. The van der Waals surface area contributed by atoms with Gasteiger partial charge in [0.1, 0.15) is 5.78 Å². The molecular weight excluding hydrogens is 228 g/mol. The number of carbonyl (C=O) groups excluding carboxylic acids is 1. The van der Waals surface area contributed by atoms with Gasteiger partial charge in [-0.1, -0.05) is 0 Å². The molecule has 0 aliphatic carbocycles. The highest BCUT2D eigenvalue weighted by molar-refractivity contribution is 5.82. The molecule has 0 radical (unpaired) electrons. The molecule has 3 rings (SSSR count). The minimum absolute atomic E-state index is 0.375. The lowest BCUT2D eigenvalue weighted by Crippen LogP contribution is -2.52. The highest BCUT2D eigenvalue weighted by atomic mass is 16.5. The first-order valence-corrected chi connectivity index (χ1v) is 6.58. The molecule has 2 bridgehead atoms. The number of ether oxygens (including phenoxy) is 1. The number of nitrogens with zero attached hydrogens (tertiary/aromatic N) is 2. The van der Waals surface area contributed by atoms with Crippen molar-refractivity contribution < 1.29 is 9.53 Å². The lowest BCUT2D eigenvalue weighted by Gasteiger charge is -2.46. The van der Waals surface area contributed by atoms with Crippen LogP contribution in [-0.2, 0) is 4.79 Å². The Morgan fingerprint density at radius 1 is 1.28 bits per heavy atom. The summed E-state index contributed by atoms with van der Waals surface area (Å²) in [5, 5.41) is 0. The Hall–Kier alpha value is -1.58. The minimum Gasteiger partial charge on any atom is -0.481 e. The molecule has 2 aliphatic rings. The molecule has 2 unspecified atom stereocenters. The number of Topliss-reactive ketones (excluding diaryl/α,β-unsaturated/α-hetero) is 1. The van der Waals surface area contributed by atoms with Gasteiger partial charge in [0, 0.05) is 31.0 Å². The van der Waals surface area contributed by atoms with Crippen LogP contribution in [-0.4, -0.2) is 30.0 Å². The average Bonchev–Trinajstić information content (AvgIpc) is 2.38. The normalized spacial score (nSPS) is 27.2. The van der Waals surface area contributed by atoms with E-state index in [-0.39, 0.29) is 0 Å². The van der Waals surface area contributed by atoms with Crippen LogP contribution < -0.4 is 9.64 Å². The Bertz CT molecular complexity index is 428. The summed E-state index contributed by atoms with van der Waals surface area (Å²) in [6.07, 6.45) is 6.73. The van der Waals surface area contributed by atoms with E-state index in [2.05, 4.69) is 9.88 Å². The first-order valence-electron chi connectivity index (χ1n) is 6.58. The molecule has 1 aromatic heterocycles. The number of aromatic nitrogens is 1. The van der Waals surface area contributed by atoms with Crippen LogP contribution in [0.3, 0.4) is 0 Å². The molecule has 0 aromatic carbocycles. The summed E-state index contributed by atoms with van der Waals surface area (Å²) in [6, 6.07) is 4.69. The molecular formula is C14H18N2O2. The summed E-state index contributed by atoms with van der Waals surface area (Å²) in [5.74, 6) is 1.06. The van der Waals surface area contributed by atoms with E-state index in [0.29, 0.717) is 36.6 Å². The maximum atomic E-state index is 11.7. The van der Waals surface area contributed by atoms with Gasteiger partial charge in [-0.2, -0.15) is 0 Å². The molecule has 18 heavy (non-hydrogen) atoms. The van der Waals surface area contributed by atoms with Crippen molar-refractivity contribution >= 4 is 11.5 Å². The van der Waals surface area contributed by atoms with Crippen LogP contribution in [0.4, 0.5) is 5.69 Å². The zero-order valence-corrected chi connectivity index (χ0v) is 10.6. The molecule has 2 aliphatic heterocycles. The highest BCUT2D eigenvalue weighted by Gasteiger charge is 2.37. The smallest absolute Gasteiger partial charge is 0.213 e. The van der Waals surface area contributed by atoms with E-state index in [0.717, 1.165) is 18.5 Å². The maximum Gasteiger partial charge on any atom is 0.213 e. The van der Waals surface area contributed by atoms with E-state index < -0.39 is 0 Å². The quantitative estimate of drug-likeness (QED) is 0.802. The molecule has 0 amide bonds. The van der Waals surface area contributed by atoms with Crippen molar-refractivity contribution in [1.82, 2.24) is 4.98 Å². The molecule has 0 N–H and O–H groups in total. The standard InChI is InChI=1S/C14H18N2O2/c1-18-14-6-5-12(9-15-14)16-10-3-2-4-11(16)8-13(17)7-10/h5-6,9-11H,2-4,7-8H2,1H3. The van der Waals surface area contributed by atoms with Crippen LogP contribution in [0.25, 0.3) is 0 Å². The zero-order chi connectivity index (χ0) is 12.5. The second-order valence-corrected chi connectivity index (χ2v) is 5.15. The number of fused-ring (bicyclic) bond motifs is 2. The lowest BCUT2D eigenvalue weighted by molar-refractivity contribution is -0.121. The number of anilines is 1. The molecule has 0 spiro atoms. The van der Waals surface area contributed by atoms with Crippen LogP contribution in [0, 0.1) is 0 Å². The molecule has 2 fully saturated rings. The van der Waals surface area contributed by atoms with Gasteiger partial charge in [0.05, 0.1) is 19.0 Å². The summed E-state index contributed by atoms with van der Waals surface area (Å²) >= 11 is 0. The van der Waals surface area contributed by atoms with E-state index in [1.165, 1.54) is 6.42 Å². The predicted octanol–water partition coefficient (Wildman–Crippen LogP) is 2.18. The first-order chi connectivity index (χ1) is 8.78. The molecule has 96 valence electrons. The van der Waals surface area contributed by atoms with Crippen molar-refractivity contribution in [3.8, 4) is 5.88 Å². The second kappa shape index (κ2) is 4.59. The van der Waals surface area contributed by atoms with Crippen molar-refractivity contribution in [2.75, 3.05) is 12.0 Å². The predicted molar refractivity (Wildman–Crippen MR) is 68.9 cm³/mol. The van der Waals surface area contributed by atoms with E-state index in [1.54, 1.807) is 7.11 Å². The van der Waals surface area contributed by atoms with E-state index in [9.17, 15) is 4.79 Å². The fourth-order valence-electron chi connectivity index (χ4n) is 3.24. The third-order valence-electron chi connectivity index (χ3n) is 4.02. The third-order valence-corrected chi connectivity index (χ3v) is 4.02. The Labute approximate surface area is 107 Å². The van der Waals surface area contributed by atoms with Crippen LogP contribution in [0.5, 0.6) is 5.88 Å². The van der Waals surface area contributed by atoms with E-state index in [4.69, 9.17) is 4.74 Å². The molecule has 4 heteroatoms. The molecule has 1 aromatic rings. The van der Waals surface area contributed by atoms with Gasteiger partial charge in [-0.25, -0.2) is 4.98 Å². The fraction of sp³-hybridized carbons (Fsp3) is 0.571. The minimum atomic E-state index is 0.375. The summed E-state index contributed by atoms with van der Waals surface area (Å²) < 4.78 is 5.08. The third kappa shape index (κ3) is 1.96. The van der Waals surface area contributed by atoms with Gasteiger partial charge in [0.2, 0.25) is 5.88 Å². The number of piperidine rings is 2. The highest BCUT2D eigenvalue weighted by Crippen LogP contribution is 2.36. The van der Waals surface area contributed by atoms with Crippen molar-refractivity contribution in [1.29, 1.82) is 0 Å². The first kappa shape index (κ1) is 11.5. The fourth-order valence-corrected chi connectivity index (χ4v) is 3.24. The Morgan fingerprint density at radius 2 is 2.00 bits per heavy atom. The topological polar surface area (TPSA) is 42.4 Å².